The second-order valence-electron chi connectivity index (χ2n) is 4.61. The number of fused-ring (bicyclic) bond motifs is 1. The van der Waals surface area contributed by atoms with Crippen LogP contribution < -0.4 is 5.32 Å². The minimum atomic E-state index is 0.452. The Morgan fingerprint density at radius 2 is 2.06 bits per heavy atom. The van der Waals surface area contributed by atoms with Crippen molar-refractivity contribution >= 4 is 28.2 Å². The molecule has 1 aromatic heterocycles. The standard InChI is InChI=1S/C15H19ClN2/c1-4-11(5-2)18-15-12-7-6-8-17-14(12)10(3)9-13(15)16/h6-9,11,18H,4-5H2,1-3H3. The topological polar surface area (TPSA) is 24.9 Å². The summed E-state index contributed by atoms with van der Waals surface area (Å²) < 4.78 is 0. The van der Waals surface area contributed by atoms with Crippen LogP contribution in [0.3, 0.4) is 0 Å². The number of anilines is 1. The van der Waals surface area contributed by atoms with Gasteiger partial charge >= 0.3 is 0 Å². The van der Waals surface area contributed by atoms with E-state index in [-0.39, 0.29) is 0 Å². The fourth-order valence-electron chi connectivity index (χ4n) is 2.22. The van der Waals surface area contributed by atoms with E-state index in [9.17, 15) is 0 Å². The van der Waals surface area contributed by atoms with Gasteiger partial charge in [0.1, 0.15) is 0 Å². The molecule has 18 heavy (non-hydrogen) atoms. The molecule has 0 saturated carbocycles. The van der Waals surface area contributed by atoms with E-state index in [1.54, 1.807) is 0 Å². The van der Waals surface area contributed by atoms with Gasteiger partial charge in [-0.1, -0.05) is 25.4 Å². The first kappa shape index (κ1) is 13.2. The van der Waals surface area contributed by atoms with Crippen molar-refractivity contribution in [1.29, 1.82) is 0 Å². The molecule has 0 saturated heterocycles. The summed E-state index contributed by atoms with van der Waals surface area (Å²) in [5.74, 6) is 0. The normalized spacial score (nSPS) is 11.2. The molecule has 1 aromatic carbocycles. The van der Waals surface area contributed by atoms with Gasteiger partial charge in [-0.05, 0) is 43.5 Å². The molecule has 0 aliphatic rings. The van der Waals surface area contributed by atoms with Gasteiger partial charge in [-0.25, -0.2) is 0 Å². The number of nitrogens with zero attached hydrogens (tertiary/aromatic N) is 1. The van der Waals surface area contributed by atoms with Crippen LogP contribution in [-0.2, 0) is 0 Å². The third kappa shape index (κ3) is 2.44. The van der Waals surface area contributed by atoms with Crippen molar-refractivity contribution in [1.82, 2.24) is 4.98 Å². The maximum Gasteiger partial charge on any atom is 0.0752 e. The largest absolute Gasteiger partial charge is 0.381 e. The summed E-state index contributed by atoms with van der Waals surface area (Å²) in [5, 5.41) is 5.43. The Hall–Kier alpha value is -1.28. The van der Waals surface area contributed by atoms with E-state index in [2.05, 4.69) is 30.2 Å². The van der Waals surface area contributed by atoms with Crippen LogP contribution in [0, 0.1) is 6.92 Å². The van der Waals surface area contributed by atoms with Gasteiger partial charge in [-0.2, -0.15) is 0 Å². The third-order valence-electron chi connectivity index (χ3n) is 3.37. The maximum atomic E-state index is 6.38. The van der Waals surface area contributed by atoms with Crippen molar-refractivity contribution < 1.29 is 0 Å². The average molecular weight is 263 g/mol. The van der Waals surface area contributed by atoms with Gasteiger partial charge in [-0.3, -0.25) is 4.98 Å². The van der Waals surface area contributed by atoms with E-state index in [1.165, 1.54) is 0 Å². The lowest BCUT2D eigenvalue weighted by Crippen LogP contribution is -2.17. The minimum absolute atomic E-state index is 0.452. The van der Waals surface area contributed by atoms with E-state index in [0.29, 0.717) is 6.04 Å². The summed E-state index contributed by atoms with van der Waals surface area (Å²) in [7, 11) is 0. The molecule has 1 N–H and O–H groups in total. The van der Waals surface area contributed by atoms with Crippen LogP contribution in [0.4, 0.5) is 5.69 Å². The van der Waals surface area contributed by atoms with Gasteiger partial charge in [0.15, 0.2) is 0 Å². The molecule has 0 radical (unpaired) electrons. The highest BCUT2D eigenvalue weighted by Crippen LogP contribution is 2.33. The number of aryl methyl sites for hydroxylation is 1. The number of rotatable bonds is 4. The first-order chi connectivity index (χ1) is 8.67. The Morgan fingerprint density at radius 3 is 2.72 bits per heavy atom. The molecular weight excluding hydrogens is 244 g/mol. The summed E-state index contributed by atoms with van der Waals surface area (Å²) in [4.78, 5) is 4.44. The van der Waals surface area contributed by atoms with E-state index in [1.807, 2.05) is 25.3 Å². The number of hydrogen-bond donors (Lipinski definition) is 1. The Morgan fingerprint density at radius 1 is 1.33 bits per heavy atom. The molecule has 1 heterocycles. The molecule has 2 rings (SSSR count). The molecule has 0 amide bonds. The van der Waals surface area contributed by atoms with Crippen molar-refractivity contribution in [3.8, 4) is 0 Å². The molecule has 2 aromatic rings. The second-order valence-corrected chi connectivity index (χ2v) is 5.01. The summed E-state index contributed by atoms with van der Waals surface area (Å²) in [5.41, 5.74) is 3.15. The Kier molecular flexibility index (Phi) is 4.07. The summed E-state index contributed by atoms with van der Waals surface area (Å²) in [6, 6.07) is 6.47. The van der Waals surface area contributed by atoms with Crippen molar-refractivity contribution in [3.05, 3.63) is 35.0 Å². The van der Waals surface area contributed by atoms with Crippen molar-refractivity contribution in [2.45, 2.75) is 39.7 Å². The van der Waals surface area contributed by atoms with Crippen LogP contribution >= 0.6 is 11.6 Å². The highest BCUT2D eigenvalue weighted by molar-refractivity contribution is 6.35. The molecule has 0 bridgehead atoms. The summed E-state index contributed by atoms with van der Waals surface area (Å²) >= 11 is 6.38. The number of halogens is 1. The SMILES string of the molecule is CCC(CC)Nc1c(Cl)cc(C)c2ncccc12. The maximum absolute atomic E-state index is 6.38. The number of pyridine rings is 1. The van der Waals surface area contributed by atoms with Gasteiger partial charge in [0.05, 0.1) is 16.2 Å². The first-order valence-corrected chi connectivity index (χ1v) is 6.85. The summed E-state index contributed by atoms with van der Waals surface area (Å²) in [6.07, 6.45) is 4.00. The Labute approximate surface area is 113 Å². The fourth-order valence-corrected chi connectivity index (χ4v) is 2.54. The number of hydrogen-bond acceptors (Lipinski definition) is 2. The van der Waals surface area contributed by atoms with Crippen molar-refractivity contribution in [2.24, 2.45) is 0 Å². The molecule has 0 unspecified atom stereocenters. The number of aromatic nitrogens is 1. The average Bonchev–Trinajstić information content (AvgIpc) is 2.39. The Balaban J connectivity index is 2.55. The van der Waals surface area contributed by atoms with E-state index in [4.69, 9.17) is 11.6 Å². The van der Waals surface area contributed by atoms with E-state index < -0.39 is 0 Å². The zero-order chi connectivity index (χ0) is 13.1. The van der Waals surface area contributed by atoms with Gasteiger partial charge in [-0.15, -0.1) is 0 Å². The lowest BCUT2D eigenvalue weighted by Gasteiger charge is -2.19. The van der Waals surface area contributed by atoms with Gasteiger partial charge in [0.25, 0.3) is 0 Å². The van der Waals surface area contributed by atoms with Crippen LogP contribution in [0.2, 0.25) is 5.02 Å². The third-order valence-corrected chi connectivity index (χ3v) is 3.66. The molecule has 96 valence electrons. The molecule has 2 nitrogen and oxygen atoms in total. The van der Waals surface area contributed by atoms with Gasteiger partial charge in [0, 0.05) is 17.6 Å². The summed E-state index contributed by atoms with van der Waals surface area (Å²) in [6.45, 7) is 6.41. The molecule has 0 aliphatic carbocycles. The van der Waals surface area contributed by atoms with Crippen LogP contribution in [0.5, 0.6) is 0 Å². The monoisotopic (exact) mass is 262 g/mol. The van der Waals surface area contributed by atoms with Crippen LogP contribution in [-0.4, -0.2) is 11.0 Å². The van der Waals surface area contributed by atoms with Crippen molar-refractivity contribution in [2.75, 3.05) is 5.32 Å². The fraction of sp³-hybridized carbons (Fsp3) is 0.400. The van der Waals surface area contributed by atoms with E-state index in [0.717, 1.165) is 40.0 Å². The molecule has 0 fully saturated rings. The van der Waals surface area contributed by atoms with Crippen LogP contribution in [0.25, 0.3) is 10.9 Å². The highest BCUT2D eigenvalue weighted by atomic mass is 35.5. The number of nitrogens with one attached hydrogen (secondary N) is 1. The predicted molar refractivity (Wildman–Crippen MR) is 79.5 cm³/mol. The number of benzene rings is 1. The van der Waals surface area contributed by atoms with Crippen LogP contribution in [0.15, 0.2) is 24.4 Å². The zero-order valence-electron chi connectivity index (χ0n) is 11.1. The molecule has 0 atom stereocenters. The molecule has 0 spiro atoms. The molecule has 3 heteroatoms. The van der Waals surface area contributed by atoms with Gasteiger partial charge in [0.2, 0.25) is 0 Å². The molecular formula is C15H19ClN2. The highest BCUT2D eigenvalue weighted by Gasteiger charge is 2.12. The smallest absolute Gasteiger partial charge is 0.0752 e. The van der Waals surface area contributed by atoms with E-state index >= 15 is 0 Å². The zero-order valence-corrected chi connectivity index (χ0v) is 11.9. The lowest BCUT2D eigenvalue weighted by atomic mass is 10.1. The van der Waals surface area contributed by atoms with Gasteiger partial charge < -0.3 is 5.32 Å². The van der Waals surface area contributed by atoms with Crippen molar-refractivity contribution in [3.63, 3.8) is 0 Å². The molecule has 0 aliphatic heterocycles. The minimum Gasteiger partial charge on any atom is -0.381 e. The second kappa shape index (κ2) is 5.57. The predicted octanol–water partition coefficient (Wildman–Crippen LogP) is 4.80. The first-order valence-electron chi connectivity index (χ1n) is 6.47. The lowest BCUT2D eigenvalue weighted by molar-refractivity contribution is 0.672. The Bertz CT molecular complexity index is 547. The quantitative estimate of drug-likeness (QED) is 0.856. The van der Waals surface area contributed by atoms with Crippen LogP contribution in [0.1, 0.15) is 32.3 Å².